The van der Waals surface area contributed by atoms with E-state index in [1.807, 2.05) is 25.1 Å². The van der Waals surface area contributed by atoms with Crippen molar-refractivity contribution in [2.75, 3.05) is 12.3 Å². The largest absolute Gasteiger partial charge is 0.384 e. The first-order valence-electron chi connectivity index (χ1n) is 9.09. The fraction of sp³-hybridized carbons (Fsp3) is 0.368. The Morgan fingerprint density at radius 2 is 2.07 bits per heavy atom. The number of hydrogen-bond acceptors (Lipinski definition) is 6. The molecule has 4 rings (SSSR count). The molecule has 27 heavy (non-hydrogen) atoms. The zero-order chi connectivity index (χ0) is 18.8. The van der Waals surface area contributed by atoms with Gasteiger partial charge in [-0.1, -0.05) is 30.3 Å². The van der Waals surface area contributed by atoms with Gasteiger partial charge in [-0.25, -0.2) is 19.4 Å². The van der Waals surface area contributed by atoms with E-state index in [1.165, 1.54) is 10.2 Å². The molecular formula is C19H22N6O2. The van der Waals surface area contributed by atoms with Crippen molar-refractivity contribution in [3.8, 4) is 0 Å². The summed E-state index contributed by atoms with van der Waals surface area (Å²) in [4.78, 5) is 21.2. The Morgan fingerprint density at radius 1 is 1.26 bits per heavy atom. The highest BCUT2D eigenvalue weighted by Gasteiger charge is 2.35. The van der Waals surface area contributed by atoms with Crippen molar-refractivity contribution in [1.82, 2.24) is 24.3 Å². The first-order chi connectivity index (χ1) is 13.2. The standard InChI is InChI=1S/C19H22N6O2/c1-2-24-18(17-14(9-11-27-17)13-6-4-3-5-7-13)23-25(19(24)26)12-16-21-10-8-15(20)22-16/h3-8,10,14,17H,2,9,11-12H2,1H3,(H2,20,21,22)/t14-,17-/m0/s1. The van der Waals surface area contributed by atoms with E-state index in [1.54, 1.807) is 16.8 Å². The quantitative estimate of drug-likeness (QED) is 0.738. The maximum atomic E-state index is 12.8. The van der Waals surface area contributed by atoms with Gasteiger partial charge in [0.25, 0.3) is 0 Å². The summed E-state index contributed by atoms with van der Waals surface area (Å²) in [6, 6.07) is 11.8. The van der Waals surface area contributed by atoms with E-state index in [-0.39, 0.29) is 24.3 Å². The summed E-state index contributed by atoms with van der Waals surface area (Å²) in [5.41, 5.74) is 6.71. The van der Waals surface area contributed by atoms with E-state index in [0.29, 0.717) is 30.6 Å². The molecule has 0 saturated carbocycles. The fourth-order valence-electron chi connectivity index (χ4n) is 3.58. The molecule has 0 bridgehead atoms. The van der Waals surface area contributed by atoms with Crippen LogP contribution in [0.4, 0.5) is 5.82 Å². The van der Waals surface area contributed by atoms with Crippen LogP contribution in [0.1, 0.15) is 42.6 Å². The van der Waals surface area contributed by atoms with E-state index < -0.39 is 0 Å². The van der Waals surface area contributed by atoms with Crippen LogP contribution in [-0.4, -0.2) is 30.9 Å². The molecule has 1 aliphatic heterocycles. The number of aromatic nitrogens is 5. The molecule has 0 spiro atoms. The van der Waals surface area contributed by atoms with E-state index in [2.05, 4.69) is 27.2 Å². The summed E-state index contributed by atoms with van der Waals surface area (Å²) in [5.74, 6) is 1.65. The van der Waals surface area contributed by atoms with Crippen molar-refractivity contribution >= 4 is 5.82 Å². The highest BCUT2D eigenvalue weighted by molar-refractivity contribution is 5.25. The lowest BCUT2D eigenvalue weighted by Gasteiger charge is -2.18. The Kier molecular flexibility index (Phi) is 4.72. The molecule has 0 amide bonds. The zero-order valence-corrected chi connectivity index (χ0v) is 15.2. The molecule has 0 aliphatic carbocycles. The van der Waals surface area contributed by atoms with Crippen molar-refractivity contribution in [1.29, 1.82) is 0 Å². The molecule has 140 valence electrons. The van der Waals surface area contributed by atoms with E-state index in [0.717, 1.165) is 6.42 Å². The van der Waals surface area contributed by atoms with Crippen LogP contribution in [0.15, 0.2) is 47.4 Å². The smallest absolute Gasteiger partial charge is 0.346 e. The van der Waals surface area contributed by atoms with Crippen LogP contribution < -0.4 is 11.4 Å². The molecule has 2 N–H and O–H groups in total. The third-order valence-electron chi connectivity index (χ3n) is 4.86. The predicted octanol–water partition coefficient (Wildman–Crippen LogP) is 1.73. The minimum Gasteiger partial charge on any atom is -0.384 e. The number of hydrogen-bond donors (Lipinski definition) is 1. The fourth-order valence-corrected chi connectivity index (χ4v) is 3.58. The van der Waals surface area contributed by atoms with Crippen molar-refractivity contribution < 1.29 is 4.74 Å². The minimum absolute atomic E-state index is 0.173. The van der Waals surface area contributed by atoms with Crippen molar-refractivity contribution in [3.05, 3.63) is 70.3 Å². The number of nitrogen functional groups attached to an aromatic ring is 1. The highest BCUT2D eigenvalue weighted by atomic mass is 16.5. The normalized spacial score (nSPS) is 19.4. The molecule has 1 saturated heterocycles. The molecule has 1 aromatic carbocycles. The molecule has 2 atom stereocenters. The lowest BCUT2D eigenvalue weighted by Crippen LogP contribution is -2.26. The van der Waals surface area contributed by atoms with Crippen LogP contribution in [0.5, 0.6) is 0 Å². The predicted molar refractivity (Wildman–Crippen MR) is 100 cm³/mol. The van der Waals surface area contributed by atoms with Gasteiger partial charge in [0.2, 0.25) is 0 Å². The average Bonchev–Trinajstić information content (AvgIpc) is 3.27. The summed E-state index contributed by atoms with van der Waals surface area (Å²) in [6.07, 6.45) is 2.23. The molecule has 0 radical (unpaired) electrons. The van der Waals surface area contributed by atoms with Crippen LogP contribution in [0.3, 0.4) is 0 Å². The molecule has 3 heterocycles. The molecule has 1 fully saturated rings. The van der Waals surface area contributed by atoms with Crippen molar-refractivity contribution in [2.24, 2.45) is 0 Å². The second kappa shape index (κ2) is 7.32. The number of nitrogens with zero attached hydrogens (tertiary/aromatic N) is 5. The van der Waals surface area contributed by atoms with E-state index in [4.69, 9.17) is 10.5 Å². The van der Waals surface area contributed by atoms with Gasteiger partial charge in [0.15, 0.2) is 11.6 Å². The van der Waals surface area contributed by atoms with E-state index in [9.17, 15) is 4.79 Å². The van der Waals surface area contributed by atoms with Crippen LogP contribution in [0, 0.1) is 0 Å². The topological polar surface area (TPSA) is 101 Å². The van der Waals surface area contributed by atoms with Crippen molar-refractivity contribution in [3.63, 3.8) is 0 Å². The van der Waals surface area contributed by atoms with Gasteiger partial charge in [-0.2, -0.15) is 5.10 Å². The lowest BCUT2D eigenvalue weighted by molar-refractivity contribution is 0.0934. The maximum Gasteiger partial charge on any atom is 0.346 e. The Labute approximate surface area is 156 Å². The maximum absolute atomic E-state index is 12.8. The van der Waals surface area contributed by atoms with Gasteiger partial charge in [-0.3, -0.25) is 4.57 Å². The first kappa shape index (κ1) is 17.4. The molecule has 8 heteroatoms. The number of anilines is 1. The second-order valence-electron chi connectivity index (χ2n) is 6.54. The monoisotopic (exact) mass is 366 g/mol. The van der Waals surface area contributed by atoms with Gasteiger partial charge in [-0.05, 0) is 25.0 Å². The van der Waals surface area contributed by atoms with Crippen molar-refractivity contribution in [2.45, 2.75) is 38.5 Å². The average molecular weight is 366 g/mol. The Hall–Kier alpha value is -3.00. The van der Waals surface area contributed by atoms with Gasteiger partial charge >= 0.3 is 5.69 Å². The molecule has 8 nitrogen and oxygen atoms in total. The number of ether oxygens (including phenoxy) is 1. The zero-order valence-electron chi connectivity index (χ0n) is 15.2. The van der Waals surface area contributed by atoms with Gasteiger partial charge in [-0.15, -0.1) is 0 Å². The Bertz CT molecular complexity index is 981. The lowest BCUT2D eigenvalue weighted by atomic mass is 9.92. The molecule has 1 aliphatic rings. The summed E-state index contributed by atoms with van der Waals surface area (Å²) >= 11 is 0. The summed E-state index contributed by atoms with van der Waals surface area (Å²) in [5, 5.41) is 4.58. The minimum atomic E-state index is -0.247. The first-order valence-corrected chi connectivity index (χ1v) is 9.09. The number of nitrogens with two attached hydrogens (primary N) is 1. The summed E-state index contributed by atoms with van der Waals surface area (Å²) in [7, 11) is 0. The summed E-state index contributed by atoms with van der Waals surface area (Å²) in [6.45, 7) is 3.27. The van der Waals surface area contributed by atoms with Gasteiger partial charge in [0.05, 0.1) is 0 Å². The molecular weight excluding hydrogens is 344 g/mol. The third-order valence-corrected chi connectivity index (χ3v) is 4.86. The Balaban J connectivity index is 1.69. The third kappa shape index (κ3) is 3.35. The van der Waals surface area contributed by atoms with E-state index >= 15 is 0 Å². The molecule has 3 aromatic rings. The second-order valence-corrected chi connectivity index (χ2v) is 6.54. The van der Waals surface area contributed by atoms with Crippen LogP contribution in [-0.2, 0) is 17.8 Å². The van der Waals surface area contributed by atoms with Gasteiger partial charge in [0, 0.05) is 25.3 Å². The van der Waals surface area contributed by atoms with Crippen LogP contribution in [0.2, 0.25) is 0 Å². The Morgan fingerprint density at radius 3 is 2.81 bits per heavy atom. The number of benzene rings is 1. The molecule has 2 aromatic heterocycles. The number of rotatable bonds is 5. The van der Waals surface area contributed by atoms with Gasteiger partial charge in [0.1, 0.15) is 18.5 Å². The highest BCUT2D eigenvalue weighted by Crippen LogP contribution is 2.40. The van der Waals surface area contributed by atoms with Gasteiger partial charge < -0.3 is 10.5 Å². The summed E-state index contributed by atoms with van der Waals surface area (Å²) < 4.78 is 9.05. The van der Waals surface area contributed by atoms with Crippen LogP contribution in [0.25, 0.3) is 0 Å². The molecule has 0 unspecified atom stereocenters. The SMILES string of the molecule is CCn1c([C@H]2OCC[C@H]2c2ccccc2)nn(Cc2nccc(N)n2)c1=O. The van der Waals surface area contributed by atoms with Crippen LogP contribution >= 0.6 is 0 Å².